The molecule has 2 unspecified atom stereocenters. The molecule has 0 heterocycles. The van der Waals surface area contributed by atoms with E-state index in [1.807, 2.05) is 13.8 Å². The topological polar surface area (TPSA) is 40.5 Å². The minimum atomic E-state index is -0.101. The Morgan fingerprint density at radius 1 is 0.714 bits per heavy atom. The van der Waals surface area contributed by atoms with Gasteiger partial charge in [-0.1, -0.05) is 39.5 Å². The molecule has 0 saturated heterocycles. The van der Waals surface area contributed by atoms with E-state index in [9.17, 15) is 10.2 Å². The van der Waals surface area contributed by atoms with Gasteiger partial charge in [-0.15, -0.1) is 0 Å². The monoisotopic (exact) mass is 202 g/mol. The Labute approximate surface area is 88.3 Å². The Morgan fingerprint density at radius 3 is 1.36 bits per heavy atom. The van der Waals surface area contributed by atoms with Gasteiger partial charge in [0.25, 0.3) is 0 Å². The molecular formula is C12H26O2. The van der Waals surface area contributed by atoms with Crippen LogP contribution in [0.1, 0.15) is 65.2 Å². The smallest absolute Gasteiger partial charge is 0.0537 e. The van der Waals surface area contributed by atoms with E-state index >= 15 is 0 Å². The van der Waals surface area contributed by atoms with Crippen molar-refractivity contribution in [1.82, 2.24) is 0 Å². The summed E-state index contributed by atoms with van der Waals surface area (Å²) in [7, 11) is 0. The average molecular weight is 202 g/mol. The van der Waals surface area contributed by atoms with Gasteiger partial charge in [0.15, 0.2) is 0 Å². The lowest BCUT2D eigenvalue weighted by molar-refractivity contribution is 0.151. The molecule has 0 spiro atoms. The first-order valence-electron chi connectivity index (χ1n) is 6.06. The zero-order valence-corrected chi connectivity index (χ0v) is 9.71. The molecule has 14 heavy (non-hydrogen) atoms. The Balaban J connectivity index is 3.06. The van der Waals surface area contributed by atoms with E-state index in [0.717, 1.165) is 38.5 Å². The highest BCUT2D eigenvalue weighted by atomic mass is 16.3. The van der Waals surface area contributed by atoms with Crippen molar-refractivity contribution >= 4 is 0 Å². The third-order valence-corrected chi connectivity index (χ3v) is 2.77. The van der Waals surface area contributed by atoms with E-state index in [4.69, 9.17) is 0 Å². The fourth-order valence-electron chi connectivity index (χ4n) is 1.52. The van der Waals surface area contributed by atoms with Crippen LogP contribution in [0.15, 0.2) is 0 Å². The molecule has 0 radical (unpaired) electrons. The zero-order valence-electron chi connectivity index (χ0n) is 9.71. The number of aliphatic hydroxyl groups excluding tert-OH is 2. The highest BCUT2D eigenvalue weighted by Gasteiger charge is 2.01. The van der Waals surface area contributed by atoms with Crippen LogP contribution in [0.2, 0.25) is 0 Å². The van der Waals surface area contributed by atoms with Crippen molar-refractivity contribution in [3.05, 3.63) is 0 Å². The molecule has 0 aromatic rings. The van der Waals surface area contributed by atoms with Crippen LogP contribution in [0.4, 0.5) is 0 Å². The SMILES string of the molecule is CCC(O)CCCCCCC(O)CC. The third-order valence-electron chi connectivity index (χ3n) is 2.77. The highest BCUT2D eigenvalue weighted by molar-refractivity contribution is 4.55. The molecule has 0 amide bonds. The van der Waals surface area contributed by atoms with Crippen molar-refractivity contribution in [2.45, 2.75) is 77.4 Å². The summed E-state index contributed by atoms with van der Waals surface area (Å²) >= 11 is 0. The van der Waals surface area contributed by atoms with Gasteiger partial charge in [0.05, 0.1) is 12.2 Å². The van der Waals surface area contributed by atoms with Crippen LogP contribution in [0.3, 0.4) is 0 Å². The van der Waals surface area contributed by atoms with E-state index in [2.05, 4.69) is 0 Å². The summed E-state index contributed by atoms with van der Waals surface area (Å²) in [5.74, 6) is 0. The van der Waals surface area contributed by atoms with Gasteiger partial charge in [-0.25, -0.2) is 0 Å². The second-order valence-corrected chi connectivity index (χ2v) is 4.12. The van der Waals surface area contributed by atoms with E-state index in [-0.39, 0.29) is 12.2 Å². The number of aliphatic hydroxyl groups is 2. The van der Waals surface area contributed by atoms with Gasteiger partial charge in [0.1, 0.15) is 0 Å². The number of hydrogen-bond donors (Lipinski definition) is 2. The van der Waals surface area contributed by atoms with Gasteiger partial charge in [0.2, 0.25) is 0 Å². The summed E-state index contributed by atoms with van der Waals surface area (Å²) < 4.78 is 0. The fourth-order valence-corrected chi connectivity index (χ4v) is 1.52. The van der Waals surface area contributed by atoms with E-state index in [0.29, 0.717) is 0 Å². The predicted molar refractivity (Wildman–Crippen MR) is 60.3 cm³/mol. The van der Waals surface area contributed by atoms with Crippen LogP contribution < -0.4 is 0 Å². The Morgan fingerprint density at radius 2 is 1.07 bits per heavy atom. The Bertz CT molecular complexity index is 101. The minimum absolute atomic E-state index is 0.101. The average Bonchev–Trinajstić information content (AvgIpc) is 2.22. The first kappa shape index (κ1) is 13.9. The van der Waals surface area contributed by atoms with Crippen LogP contribution in [0, 0.1) is 0 Å². The first-order chi connectivity index (χ1) is 6.70. The lowest BCUT2D eigenvalue weighted by Gasteiger charge is -2.08. The van der Waals surface area contributed by atoms with E-state index in [1.54, 1.807) is 0 Å². The molecule has 0 aliphatic carbocycles. The van der Waals surface area contributed by atoms with Crippen LogP contribution >= 0.6 is 0 Å². The van der Waals surface area contributed by atoms with Gasteiger partial charge in [-0.3, -0.25) is 0 Å². The van der Waals surface area contributed by atoms with Gasteiger partial charge in [0, 0.05) is 0 Å². The van der Waals surface area contributed by atoms with Gasteiger partial charge in [-0.05, 0) is 25.7 Å². The summed E-state index contributed by atoms with van der Waals surface area (Å²) in [4.78, 5) is 0. The maximum atomic E-state index is 9.30. The number of rotatable bonds is 9. The molecule has 0 rings (SSSR count). The molecule has 2 nitrogen and oxygen atoms in total. The lowest BCUT2D eigenvalue weighted by atomic mass is 10.0. The molecule has 0 saturated carbocycles. The summed E-state index contributed by atoms with van der Waals surface area (Å²) in [5.41, 5.74) is 0. The first-order valence-corrected chi connectivity index (χ1v) is 6.06. The van der Waals surface area contributed by atoms with Crippen molar-refractivity contribution in [2.24, 2.45) is 0 Å². The molecule has 2 N–H and O–H groups in total. The molecule has 2 heteroatoms. The van der Waals surface area contributed by atoms with Crippen molar-refractivity contribution in [3.63, 3.8) is 0 Å². The van der Waals surface area contributed by atoms with E-state index < -0.39 is 0 Å². The third kappa shape index (κ3) is 8.52. The second kappa shape index (κ2) is 9.47. The molecule has 0 bridgehead atoms. The second-order valence-electron chi connectivity index (χ2n) is 4.12. The van der Waals surface area contributed by atoms with Crippen molar-refractivity contribution in [2.75, 3.05) is 0 Å². The summed E-state index contributed by atoms with van der Waals surface area (Å²) in [6.45, 7) is 4.03. The number of unbranched alkanes of at least 4 members (excludes halogenated alkanes) is 3. The molecular weight excluding hydrogens is 176 g/mol. The van der Waals surface area contributed by atoms with Crippen LogP contribution in [-0.2, 0) is 0 Å². The quantitative estimate of drug-likeness (QED) is 0.564. The maximum Gasteiger partial charge on any atom is 0.0537 e. The van der Waals surface area contributed by atoms with Crippen molar-refractivity contribution in [1.29, 1.82) is 0 Å². The molecule has 0 aromatic heterocycles. The summed E-state index contributed by atoms with van der Waals surface area (Å²) in [6, 6.07) is 0. The Kier molecular flexibility index (Phi) is 9.42. The van der Waals surface area contributed by atoms with Crippen molar-refractivity contribution < 1.29 is 10.2 Å². The minimum Gasteiger partial charge on any atom is -0.393 e. The van der Waals surface area contributed by atoms with Crippen LogP contribution in [-0.4, -0.2) is 22.4 Å². The molecule has 0 aliphatic rings. The van der Waals surface area contributed by atoms with Crippen molar-refractivity contribution in [3.8, 4) is 0 Å². The molecule has 0 aliphatic heterocycles. The fraction of sp³-hybridized carbons (Fsp3) is 1.00. The predicted octanol–water partition coefficient (Wildman–Crippen LogP) is 2.87. The lowest BCUT2D eigenvalue weighted by Crippen LogP contribution is -2.04. The summed E-state index contributed by atoms with van der Waals surface area (Å²) in [5, 5.41) is 18.6. The van der Waals surface area contributed by atoms with Gasteiger partial charge in [-0.2, -0.15) is 0 Å². The van der Waals surface area contributed by atoms with Gasteiger partial charge < -0.3 is 10.2 Å². The molecule has 2 atom stereocenters. The molecule has 86 valence electrons. The maximum absolute atomic E-state index is 9.30. The largest absolute Gasteiger partial charge is 0.393 e. The zero-order chi connectivity index (χ0) is 10.8. The standard InChI is InChI=1S/C12H26O2/c1-3-11(13)9-7-5-6-8-10-12(14)4-2/h11-14H,3-10H2,1-2H3. The van der Waals surface area contributed by atoms with Crippen LogP contribution in [0.5, 0.6) is 0 Å². The molecule has 0 aromatic carbocycles. The normalized spacial score (nSPS) is 15.4. The molecule has 0 fully saturated rings. The highest BCUT2D eigenvalue weighted by Crippen LogP contribution is 2.10. The number of hydrogen-bond acceptors (Lipinski definition) is 2. The summed E-state index contributed by atoms with van der Waals surface area (Å²) in [6.07, 6.45) is 8.03. The van der Waals surface area contributed by atoms with Gasteiger partial charge >= 0.3 is 0 Å². The Hall–Kier alpha value is -0.0800. The van der Waals surface area contributed by atoms with Crippen LogP contribution in [0.25, 0.3) is 0 Å². The van der Waals surface area contributed by atoms with E-state index in [1.165, 1.54) is 12.8 Å².